The average Bonchev–Trinajstić information content (AvgIpc) is 3.19. The Morgan fingerprint density at radius 3 is 2.77 bits per heavy atom. The van der Waals surface area contributed by atoms with E-state index in [1.165, 1.54) is 0 Å². The van der Waals surface area contributed by atoms with Crippen molar-refractivity contribution in [3.05, 3.63) is 23.9 Å². The van der Waals surface area contributed by atoms with Crippen molar-refractivity contribution in [3.8, 4) is 6.07 Å². The number of nitriles is 1. The maximum absolute atomic E-state index is 12.9. The van der Waals surface area contributed by atoms with Gasteiger partial charge < -0.3 is 20.7 Å². The smallest absolute Gasteiger partial charge is 0.410 e. The number of nitrogens with one attached hydrogen (secondary N) is 1. The molecule has 3 N–H and O–H groups in total. The molecule has 2 heterocycles. The molecule has 8 nitrogen and oxygen atoms in total. The number of amides is 2. The highest BCUT2D eigenvalue weighted by Crippen LogP contribution is 2.60. The Morgan fingerprint density at radius 2 is 2.07 bits per heavy atom. The summed E-state index contributed by atoms with van der Waals surface area (Å²) in [6, 6.07) is 5.63. The molecule has 0 aromatic carbocycles. The predicted octanol–water partition coefficient (Wildman–Crippen LogP) is 2.26. The Kier molecular flexibility index (Phi) is 4.57. The van der Waals surface area contributed by atoms with Crippen LogP contribution < -0.4 is 11.1 Å². The summed E-state index contributed by atoms with van der Waals surface area (Å²) in [5.74, 6) is 1.41. The van der Waals surface area contributed by atoms with Crippen molar-refractivity contribution in [2.45, 2.75) is 50.7 Å². The van der Waals surface area contributed by atoms with E-state index in [1.54, 1.807) is 23.2 Å². The Labute approximate surface area is 175 Å². The first kappa shape index (κ1) is 19.2. The van der Waals surface area contributed by atoms with Crippen LogP contribution in [0.3, 0.4) is 0 Å². The van der Waals surface area contributed by atoms with Gasteiger partial charge in [0.1, 0.15) is 18.0 Å². The lowest BCUT2D eigenvalue weighted by molar-refractivity contribution is -0.161. The summed E-state index contributed by atoms with van der Waals surface area (Å²) in [7, 11) is 0. The number of aromatic nitrogens is 1. The number of ether oxygens (including phenoxy) is 1. The van der Waals surface area contributed by atoms with Gasteiger partial charge in [-0.2, -0.15) is 5.26 Å². The minimum atomic E-state index is -0.372. The Bertz CT molecular complexity index is 896. The number of pyridine rings is 1. The number of primary amides is 1. The summed E-state index contributed by atoms with van der Waals surface area (Å²) in [6.45, 7) is 1.14. The largest absolute Gasteiger partial charge is 0.446 e. The fourth-order valence-electron chi connectivity index (χ4n) is 6.51. The van der Waals surface area contributed by atoms with Crippen molar-refractivity contribution >= 4 is 17.8 Å². The molecule has 5 fully saturated rings. The molecule has 5 aliphatic rings. The third-order valence-electron chi connectivity index (χ3n) is 7.66. The fraction of sp³-hybridized carbons (Fsp3) is 0.636. The van der Waals surface area contributed by atoms with E-state index in [0.29, 0.717) is 30.4 Å². The van der Waals surface area contributed by atoms with E-state index >= 15 is 0 Å². The first-order valence-electron chi connectivity index (χ1n) is 10.8. The third kappa shape index (κ3) is 3.17. The second-order valence-corrected chi connectivity index (χ2v) is 9.55. The molecular formula is C22H27N5O3. The highest BCUT2D eigenvalue weighted by Gasteiger charge is 2.59. The van der Waals surface area contributed by atoms with E-state index < -0.39 is 0 Å². The number of hydrogen-bond donors (Lipinski definition) is 2. The summed E-state index contributed by atoms with van der Waals surface area (Å²) in [5.41, 5.74) is 5.87. The number of rotatable bonds is 4. The van der Waals surface area contributed by atoms with Crippen molar-refractivity contribution in [3.63, 3.8) is 0 Å². The molecule has 1 saturated heterocycles. The molecule has 2 amide bonds. The lowest BCUT2D eigenvalue weighted by Crippen LogP contribution is -2.59. The quantitative estimate of drug-likeness (QED) is 0.787. The van der Waals surface area contributed by atoms with Crippen LogP contribution in [0.15, 0.2) is 18.3 Å². The first-order valence-corrected chi connectivity index (χ1v) is 10.8. The Morgan fingerprint density at radius 1 is 1.30 bits per heavy atom. The Hall–Kier alpha value is -2.82. The van der Waals surface area contributed by atoms with E-state index in [9.17, 15) is 14.9 Å². The van der Waals surface area contributed by atoms with Gasteiger partial charge in [-0.05, 0) is 68.4 Å². The second-order valence-electron chi connectivity index (χ2n) is 9.55. The van der Waals surface area contributed by atoms with Crippen molar-refractivity contribution in [2.24, 2.45) is 28.9 Å². The minimum Gasteiger partial charge on any atom is -0.446 e. The number of hydrogen-bond acceptors (Lipinski definition) is 6. The first-order chi connectivity index (χ1) is 14.5. The number of nitrogens with two attached hydrogens (primary N) is 1. The lowest BCUT2D eigenvalue weighted by Gasteiger charge is -2.58. The van der Waals surface area contributed by atoms with Crippen LogP contribution in [-0.4, -0.2) is 47.1 Å². The highest BCUT2D eigenvalue weighted by molar-refractivity contribution is 5.81. The average molecular weight is 409 g/mol. The van der Waals surface area contributed by atoms with Crippen LogP contribution in [0.1, 0.15) is 44.1 Å². The molecule has 3 unspecified atom stereocenters. The van der Waals surface area contributed by atoms with Gasteiger partial charge >= 0.3 is 6.09 Å². The molecule has 158 valence electrons. The van der Waals surface area contributed by atoms with E-state index in [2.05, 4.69) is 16.4 Å². The van der Waals surface area contributed by atoms with Crippen molar-refractivity contribution in [1.29, 1.82) is 5.26 Å². The molecule has 6 rings (SSSR count). The van der Waals surface area contributed by atoms with Gasteiger partial charge in [0.05, 0.1) is 11.0 Å². The monoisotopic (exact) mass is 409 g/mol. The number of nitrogens with zero attached hydrogens (tertiary/aromatic N) is 3. The zero-order chi connectivity index (χ0) is 20.9. The number of likely N-dealkylation sites (tertiary alicyclic amines) is 1. The molecule has 1 aliphatic heterocycles. The summed E-state index contributed by atoms with van der Waals surface area (Å²) >= 11 is 0. The second kappa shape index (κ2) is 7.15. The van der Waals surface area contributed by atoms with Gasteiger partial charge in [-0.25, -0.2) is 9.78 Å². The molecule has 30 heavy (non-hydrogen) atoms. The molecule has 1 aromatic heterocycles. The van der Waals surface area contributed by atoms with Gasteiger partial charge in [0.25, 0.3) is 0 Å². The van der Waals surface area contributed by atoms with Crippen LogP contribution in [0.25, 0.3) is 0 Å². The topological polar surface area (TPSA) is 121 Å². The summed E-state index contributed by atoms with van der Waals surface area (Å²) in [6.07, 6.45) is 6.54. The maximum Gasteiger partial charge on any atom is 0.410 e. The van der Waals surface area contributed by atoms with Crippen LogP contribution in [0.2, 0.25) is 0 Å². The molecule has 8 heteroatoms. The molecular weight excluding hydrogens is 382 g/mol. The van der Waals surface area contributed by atoms with Gasteiger partial charge in [-0.15, -0.1) is 0 Å². The van der Waals surface area contributed by atoms with Crippen molar-refractivity contribution < 1.29 is 14.3 Å². The van der Waals surface area contributed by atoms with Crippen LogP contribution >= 0.6 is 0 Å². The van der Waals surface area contributed by atoms with E-state index in [1.807, 2.05) is 0 Å². The van der Waals surface area contributed by atoms with Gasteiger partial charge in [-0.1, -0.05) is 0 Å². The van der Waals surface area contributed by atoms with Gasteiger partial charge in [0.2, 0.25) is 5.91 Å². The zero-order valence-corrected chi connectivity index (χ0v) is 16.9. The SMILES string of the molecule is N#Cc1cccnc1N[C@@H]1CCN(C(=O)OC2[C@@H]3CC4C[C@H]2CC(C(N)=O)(C4)C3)C1. The van der Waals surface area contributed by atoms with Crippen LogP contribution in [0.5, 0.6) is 0 Å². The maximum atomic E-state index is 12.9. The summed E-state index contributed by atoms with van der Waals surface area (Å²) in [4.78, 5) is 31.0. The van der Waals surface area contributed by atoms with Gasteiger partial charge in [0, 0.05) is 25.3 Å². The molecule has 0 radical (unpaired) electrons. The van der Waals surface area contributed by atoms with E-state index in [4.69, 9.17) is 10.5 Å². The van der Waals surface area contributed by atoms with Gasteiger partial charge in [0.15, 0.2) is 0 Å². The van der Waals surface area contributed by atoms with Crippen LogP contribution in [0, 0.1) is 34.5 Å². The summed E-state index contributed by atoms with van der Waals surface area (Å²) in [5, 5.41) is 12.5. The van der Waals surface area contributed by atoms with Gasteiger partial charge in [-0.3, -0.25) is 4.79 Å². The molecule has 4 saturated carbocycles. The van der Waals surface area contributed by atoms with Crippen molar-refractivity contribution in [2.75, 3.05) is 18.4 Å². The minimum absolute atomic E-state index is 0.0381. The van der Waals surface area contributed by atoms with Crippen LogP contribution in [-0.2, 0) is 9.53 Å². The fourth-order valence-corrected chi connectivity index (χ4v) is 6.51. The van der Waals surface area contributed by atoms with Crippen molar-refractivity contribution in [1.82, 2.24) is 9.88 Å². The van der Waals surface area contributed by atoms with Crippen LogP contribution in [0.4, 0.5) is 10.6 Å². The zero-order valence-electron chi connectivity index (χ0n) is 16.9. The lowest BCUT2D eigenvalue weighted by atomic mass is 9.48. The standard InChI is InChI=1S/C22H27N5O3/c23-11-14-2-1-4-25-19(14)26-17-3-5-27(12-17)21(29)30-18-15-6-13-7-16(18)10-22(8-13,9-15)20(24)28/h1-2,4,13,15-18H,3,5-10,12H2,(H2,24,28)(H,25,26)/t13?,15-,16+,17-,18?,22?/m1/s1. The number of carbonyl (C=O) groups is 2. The highest BCUT2D eigenvalue weighted by atomic mass is 16.6. The number of carbonyl (C=O) groups excluding carboxylic acids is 2. The third-order valence-corrected chi connectivity index (χ3v) is 7.66. The molecule has 4 aliphatic carbocycles. The molecule has 0 spiro atoms. The predicted molar refractivity (Wildman–Crippen MR) is 108 cm³/mol. The normalized spacial score (nSPS) is 36.4. The number of anilines is 1. The Balaban J connectivity index is 1.20. The van der Waals surface area contributed by atoms with E-state index in [-0.39, 0.29) is 41.4 Å². The molecule has 4 bridgehead atoms. The molecule has 6 atom stereocenters. The summed E-state index contributed by atoms with van der Waals surface area (Å²) < 4.78 is 6.02. The van der Waals surface area contributed by atoms with E-state index in [0.717, 1.165) is 38.5 Å². The molecule has 1 aromatic rings.